The molecule has 1 aromatic heterocycles. The van der Waals surface area contributed by atoms with Crippen LogP contribution in [-0.4, -0.2) is 22.0 Å². The molecule has 1 aromatic carbocycles. The Hall–Kier alpha value is -2.01. The molecule has 3 rings (SSSR count). The molecule has 0 saturated carbocycles. The highest BCUT2D eigenvalue weighted by atomic mass is 32.2. The van der Waals surface area contributed by atoms with Crippen LogP contribution in [0, 0.1) is 0 Å². The van der Waals surface area contributed by atoms with Crippen LogP contribution in [0.3, 0.4) is 0 Å². The van der Waals surface area contributed by atoms with Gasteiger partial charge in [-0.2, -0.15) is 0 Å². The van der Waals surface area contributed by atoms with Crippen molar-refractivity contribution in [3.8, 4) is 0 Å². The first-order valence-corrected chi connectivity index (χ1v) is 6.81. The van der Waals surface area contributed by atoms with Gasteiger partial charge in [0.05, 0.1) is 16.4 Å². The molecule has 5 heteroatoms. The van der Waals surface area contributed by atoms with Gasteiger partial charge in [-0.15, -0.1) is 0 Å². The Balaban J connectivity index is 2.27. The average Bonchev–Trinajstić information content (AvgIpc) is 2.81. The van der Waals surface area contributed by atoms with E-state index >= 15 is 0 Å². The summed E-state index contributed by atoms with van der Waals surface area (Å²) in [5, 5.41) is 0.148. The number of carbonyl (C=O) groups is 2. The molecule has 0 spiro atoms. The second-order valence-electron chi connectivity index (χ2n) is 3.97. The standard InChI is InChI=1S/C13H8O4S/c1-18(16)10-6-9-11(14)7-4-2-3-5-8(7)12(15)13(9)17-10/h2-6H,1H3/t18-/m1/s1. The van der Waals surface area contributed by atoms with Gasteiger partial charge in [0.1, 0.15) is 0 Å². The number of carbonyl (C=O) groups excluding carboxylic acids is 2. The fraction of sp³-hybridized carbons (Fsp3) is 0.0769. The molecule has 1 atom stereocenters. The van der Waals surface area contributed by atoms with Crippen LogP contribution in [0.1, 0.15) is 32.0 Å². The molecule has 4 nitrogen and oxygen atoms in total. The fourth-order valence-electron chi connectivity index (χ4n) is 1.99. The zero-order chi connectivity index (χ0) is 12.9. The Kier molecular flexibility index (Phi) is 2.31. The molecule has 0 bridgehead atoms. The summed E-state index contributed by atoms with van der Waals surface area (Å²) < 4.78 is 16.6. The van der Waals surface area contributed by atoms with Crippen LogP contribution >= 0.6 is 0 Å². The largest absolute Gasteiger partial charge is 0.443 e. The normalized spacial score (nSPS) is 15.2. The van der Waals surface area contributed by atoms with Gasteiger partial charge in [-0.3, -0.25) is 13.8 Å². The predicted octanol–water partition coefficient (Wildman–Crippen LogP) is 1.79. The van der Waals surface area contributed by atoms with Crippen molar-refractivity contribution >= 4 is 22.4 Å². The maximum Gasteiger partial charge on any atom is 0.229 e. The summed E-state index contributed by atoms with van der Waals surface area (Å²) in [6, 6.07) is 7.98. The maximum absolute atomic E-state index is 12.2. The zero-order valence-corrected chi connectivity index (χ0v) is 10.2. The molecule has 1 aliphatic rings. The van der Waals surface area contributed by atoms with E-state index in [0.717, 1.165) is 0 Å². The molecule has 0 unspecified atom stereocenters. The average molecular weight is 260 g/mol. The summed E-state index contributed by atoms with van der Waals surface area (Å²) in [6.45, 7) is 0. The lowest BCUT2D eigenvalue weighted by Crippen LogP contribution is -2.18. The quantitative estimate of drug-likeness (QED) is 0.669. The summed E-state index contributed by atoms with van der Waals surface area (Å²) in [5.41, 5.74) is 0.894. The van der Waals surface area contributed by atoms with E-state index in [1.54, 1.807) is 24.3 Å². The number of benzene rings is 1. The van der Waals surface area contributed by atoms with E-state index in [9.17, 15) is 13.8 Å². The Labute approximate surface area is 105 Å². The molecule has 90 valence electrons. The number of ketones is 2. The van der Waals surface area contributed by atoms with Crippen molar-refractivity contribution in [1.82, 2.24) is 0 Å². The van der Waals surface area contributed by atoms with E-state index < -0.39 is 10.8 Å². The molecule has 2 aromatic rings. The van der Waals surface area contributed by atoms with Crippen molar-refractivity contribution in [3.05, 3.63) is 52.8 Å². The lowest BCUT2D eigenvalue weighted by Gasteiger charge is -2.11. The van der Waals surface area contributed by atoms with Crippen molar-refractivity contribution in [2.24, 2.45) is 0 Å². The first kappa shape index (κ1) is 11.1. The summed E-state index contributed by atoms with van der Waals surface area (Å²) in [7, 11) is -1.36. The van der Waals surface area contributed by atoms with Gasteiger partial charge in [0, 0.05) is 23.4 Å². The summed E-state index contributed by atoms with van der Waals surface area (Å²) >= 11 is 0. The topological polar surface area (TPSA) is 64.3 Å². The second-order valence-corrected chi connectivity index (χ2v) is 5.28. The van der Waals surface area contributed by atoms with Gasteiger partial charge in [-0.25, -0.2) is 0 Å². The molecule has 0 saturated heterocycles. The van der Waals surface area contributed by atoms with Gasteiger partial charge in [0.15, 0.2) is 16.6 Å². The number of rotatable bonds is 1. The minimum atomic E-state index is -1.36. The number of furan rings is 1. The van der Waals surface area contributed by atoms with Crippen molar-refractivity contribution < 1.29 is 18.2 Å². The Morgan fingerprint density at radius 3 is 2.22 bits per heavy atom. The second kappa shape index (κ2) is 3.74. The Morgan fingerprint density at radius 1 is 1.00 bits per heavy atom. The highest BCUT2D eigenvalue weighted by molar-refractivity contribution is 7.84. The lowest BCUT2D eigenvalue weighted by molar-refractivity contribution is 0.0957. The fourth-order valence-corrected chi connectivity index (χ4v) is 2.48. The summed E-state index contributed by atoms with van der Waals surface area (Å²) in [6.07, 6.45) is 1.44. The summed E-state index contributed by atoms with van der Waals surface area (Å²) in [4.78, 5) is 24.3. The van der Waals surface area contributed by atoms with Crippen LogP contribution in [0.5, 0.6) is 0 Å². The summed E-state index contributed by atoms with van der Waals surface area (Å²) in [5.74, 6) is -0.610. The number of hydrogen-bond acceptors (Lipinski definition) is 4. The Morgan fingerprint density at radius 2 is 1.61 bits per heavy atom. The molecule has 0 N–H and O–H groups in total. The van der Waals surface area contributed by atoms with Crippen LogP contribution in [0.2, 0.25) is 0 Å². The van der Waals surface area contributed by atoms with Crippen LogP contribution < -0.4 is 0 Å². The number of hydrogen-bond donors (Lipinski definition) is 0. The van der Waals surface area contributed by atoms with E-state index in [1.807, 2.05) is 0 Å². The van der Waals surface area contributed by atoms with E-state index in [4.69, 9.17) is 4.42 Å². The van der Waals surface area contributed by atoms with Gasteiger partial charge < -0.3 is 4.42 Å². The maximum atomic E-state index is 12.2. The molecule has 0 amide bonds. The van der Waals surface area contributed by atoms with Crippen molar-refractivity contribution in [3.63, 3.8) is 0 Å². The smallest absolute Gasteiger partial charge is 0.229 e. The van der Waals surface area contributed by atoms with Gasteiger partial charge in [0.25, 0.3) is 0 Å². The highest BCUT2D eigenvalue weighted by Gasteiger charge is 2.33. The van der Waals surface area contributed by atoms with Crippen molar-refractivity contribution in [2.45, 2.75) is 5.09 Å². The van der Waals surface area contributed by atoms with Gasteiger partial charge in [0.2, 0.25) is 5.78 Å². The van der Waals surface area contributed by atoms with Crippen LogP contribution in [0.15, 0.2) is 39.8 Å². The SMILES string of the molecule is C[S@@](=O)c1cc2c(o1)C(=O)c1ccccc1C2=O. The van der Waals surface area contributed by atoms with E-state index in [2.05, 4.69) is 0 Å². The minimum Gasteiger partial charge on any atom is -0.443 e. The molecular formula is C13H8O4S. The first-order valence-electron chi connectivity index (χ1n) is 5.25. The van der Waals surface area contributed by atoms with E-state index in [0.29, 0.717) is 11.1 Å². The predicted molar refractivity (Wildman–Crippen MR) is 64.3 cm³/mol. The van der Waals surface area contributed by atoms with Crippen LogP contribution in [-0.2, 0) is 10.8 Å². The Bertz CT molecular complexity index is 659. The molecule has 18 heavy (non-hydrogen) atoms. The molecule has 1 aliphatic carbocycles. The van der Waals surface area contributed by atoms with Crippen molar-refractivity contribution in [1.29, 1.82) is 0 Å². The van der Waals surface area contributed by atoms with Crippen LogP contribution in [0.25, 0.3) is 0 Å². The van der Waals surface area contributed by atoms with Crippen LogP contribution in [0.4, 0.5) is 0 Å². The van der Waals surface area contributed by atoms with E-state index in [1.165, 1.54) is 12.3 Å². The third kappa shape index (κ3) is 1.41. The van der Waals surface area contributed by atoms with E-state index in [-0.39, 0.29) is 28.0 Å². The third-order valence-electron chi connectivity index (χ3n) is 2.86. The molecule has 1 heterocycles. The van der Waals surface area contributed by atoms with Gasteiger partial charge in [-0.05, 0) is 0 Å². The molecule has 0 aliphatic heterocycles. The molecule has 0 fully saturated rings. The first-order chi connectivity index (χ1) is 8.59. The highest BCUT2D eigenvalue weighted by Crippen LogP contribution is 2.30. The zero-order valence-electron chi connectivity index (χ0n) is 9.43. The number of fused-ring (bicyclic) bond motifs is 2. The van der Waals surface area contributed by atoms with Crippen molar-refractivity contribution in [2.75, 3.05) is 6.26 Å². The third-order valence-corrected chi connectivity index (χ3v) is 3.63. The van der Waals surface area contributed by atoms with Gasteiger partial charge >= 0.3 is 0 Å². The van der Waals surface area contributed by atoms with Gasteiger partial charge in [-0.1, -0.05) is 24.3 Å². The molecular weight excluding hydrogens is 252 g/mol. The lowest BCUT2D eigenvalue weighted by atomic mass is 9.89. The minimum absolute atomic E-state index is 0.0103. The monoisotopic (exact) mass is 260 g/mol. The molecule has 0 radical (unpaired) electrons.